The lowest BCUT2D eigenvalue weighted by atomic mass is 10.1. The van der Waals surface area contributed by atoms with Gasteiger partial charge in [0.2, 0.25) is 0 Å². The molecule has 0 radical (unpaired) electrons. The fourth-order valence-electron chi connectivity index (χ4n) is 2.34. The predicted molar refractivity (Wildman–Crippen MR) is 88.8 cm³/mol. The number of furan rings is 1. The number of carbonyl (C=O) groups excluding carboxylic acids is 3. The van der Waals surface area contributed by atoms with Crippen LogP contribution in [-0.2, 0) is 16.1 Å². The molecule has 1 aromatic carbocycles. The number of hydrogen-bond donors (Lipinski definition) is 1. The number of barbiturate groups is 1. The number of imide groups is 2. The highest BCUT2D eigenvalue weighted by Gasteiger charge is 2.36. The van der Waals surface area contributed by atoms with Crippen molar-refractivity contribution in [3.05, 3.63) is 58.5 Å². The molecule has 1 aliphatic heterocycles. The summed E-state index contributed by atoms with van der Waals surface area (Å²) in [6.07, 6.45) is 2.80. The first-order valence-electron chi connectivity index (χ1n) is 7.24. The van der Waals surface area contributed by atoms with Crippen LogP contribution >= 0.6 is 11.6 Å². The standard InChI is InChI=1S/C17H13ClN2O5/c1-24-14-5-4-10(8-13(14)18)7-12-15(21)19-17(23)20(16(12)22)9-11-3-2-6-25-11/h2-8H,9H2,1H3,(H,19,21,23)/b12-7+. The summed E-state index contributed by atoms with van der Waals surface area (Å²) in [5, 5.41) is 2.48. The zero-order chi connectivity index (χ0) is 18.0. The van der Waals surface area contributed by atoms with E-state index in [1.165, 1.54) is 19.4 Å². The van der Waals surface area contributed by atoms with Gasteiger partial charge in [0.25, 0.3) is 11.8 Å². The number of benzene rings is 1. The fourth-order valence-corrected chi connectivity index (χ4v) is 2.60. The molecule has 128 valence electrons. The third kappa shape index (κ3) is 3.41. The lowest BCUT2D eigenvalue weighted by molar-refractivity contribution is -0.130. The predicted octanol–water partition coefficient (Wildman–Crippen LogP) is 2.60. The quantitative estimate of drug-likeness (QED) is 0.668. The van der Waals surface area contributed by atoms with Gasteiger partial charge in [0.05, 0.1) is 24.9 Å². The minimum atomic E-state index is -0.795. The zero-order valence-electron chi connectivity index (χ0n) is 13.1. The Hall–Kier alpha value is -3.06. The van der Waals surface area contributed by atoms with Crippen LogP contribution in [0.2, 0.25) is 5.02 Å². The fraction of sp³-hybridized carbons (Fsp3) is 0.118. The van der Waals surface area contributed by atoms with Crippen LogP contribution in [-0.4, -0.2) is 29.9 Å². The SMILES string of the molecule is COc1ccc(/C=C2\C(=O)NC(=O)N(Cc3ccco3)C2=O)cc1Cl. The molecule has 4 amide bonds. The Bertz CT molecular complexity index is 873. The third-order valence-corrected chi connectivity index (χ3v) is 3.86. The second-order valence-electron chi connectivity index (χ2n) is 5.18. The molecule has 25 heavy (non-hydrogen) atoms. The molecule has 1 fully saturated rings. The molecule has 1 aromatic heterocycles. The van der Waals surface area contributed by atoms with Crippen LogP contribution in [0.1, 0.15) is 11.3 Å². The highest BCUT2D eigenvalue weighted by molar-refractivity contribution is 6.33. The van der Waals surface area contributed by atoms with Crippen LogP contribution in [0.4, 0.5) is 4.79 Å². The second-order valence-corrected chi connectivity index (χ2v) is 5.59. The van der Waals surface area contributed by atoms with Crippen LogP contribution in [0.15, 0.2) is 46.6 Å². The molecule has 0 unspecified atom stereocenters. The van der Waals surface area contributed by atoms with Gasteiger partial charge < -0.3 is 9.15 Å². The average Bonchev–Trinajstić information content (AvgIpc) is 3.09. The lowest BCUT2D eigenvalue weighted by Crippen LogP contribution is -2.53. The summed E-state index contributed by atoms with van der Waals surface area (Å²) < 4.78 is 10.2. The van der Waals surface area contributed by atoms with Crippen LogP contribution in [0.3, 0.4) is 0 Å². The largest absolute Gasteiger partial charge is 0.495 e. The van der Waals surface area contributed by atoms with Crippen molar-refractivity contribution in [2.24, 2.45) is 0 Å². The van der Waals surface area contributed by atoms with E-state index in [0.29, 0.717) is 22.1 Å². The molecule has 1 aliphatic rings. The van der Waals surface area contributed by atoms with E-state index in [4.69, 9.17) is 20.8 Å². The maximum atomic E-state index is 12.6. The number of nitrogens with one attached hydrogen (secondary N) is 1. The van der Waals surface area contributed by atoms with Crippen LogP contribution in [0, 0.1) is 0 Å². The van der Waals surface area contributed by atoms with E-state index in [1.54, 1.807) is 30.3 Å². The molecule has 0 saturated carbocycles. The number of ether oxygens (including phenoxy) is 1. The van der Waals surface area contributed by atoms with Crippen LogP contribution in [0.5, 0.6) is 5.75 Å². The van der Waals surface area contributed by atoms with Gasteiger partial charge in [-0.05, 0) is 35.9 Å². The van der Waals surface area contributed by atoms with Crippen molar-refractivity contribution in [1.82, 2.24) is 10.2 Å². The Labute approximate surface area is 147 Å². The molecule has 2 heterocycles. The topological polar surface area (TPSA) is 88.8 Å². The van der Waals surface area contributed by atoms with E-state index < -0.39 is 17.8 Å². The average molecular weight is 361 g/mol. The summed E-state index contributed by atoms with van der Waals surface area (Å²) in [4.78, 5) is 37.5. The van der Waals surface area contributed by atoms with E-state index >= 15 is 0 Å². The van der Waals surface area contributed by atoms with Gasteiger partial charge in [0.15, 0.2) is 0 Å². The summed E-state index contributed by atoms with van der Waals surface area (Å²) in [5.74, 6) is -0.586. The normalized spacial score (nSPS) is 16.3. The Morgan fingerprint density at radius 1 is 1.28 bits per heavy atom. The summed E-state index contributed by atoms with van der Waals surface area (Å²) in [7, 11) is 1.48. The van der Waals surface area contributed by atoms with Crippen molar-refractivity contribution < 1.29 is 23.5 Å². The number of methoxy groups -OCH3 is 1. The molecule has 0 spiro atoms. The smallest absolute Gasteiger partial charge is 0.331 e. The molecular formula is C17H13ClN2O5. The van der Waals surface area contributed by atoms with Crippen LogP contribution in [0.25, 0.3) is 6.08 Å². The maximum absolute atomic E-state index is 12.6. The molecule has 8 heteroatoms. The highest BCUT2D eigenvalue weighted by Crippen LogP contribution is 2.26. The van der Waals surface area contributed by atoms with Crippen molar-refractivity contribution in [1.29, 1.82) is 0 Å². The van der Waals surface area contributed by atoms with Gasteiger partial charge in [-0.25, -0.2) is 4.79 Å². The number of urea groups is 1. The Balaban J connectivity index is 1.91. The first kappa shape index (κ1) is 16.8. The van der Waals surface area contributed by atoms with Gasteiger partial charge >= 0.3 is 6.03 Å². The zero-order valence-corrected chi connectivity index (χ0v) is 13.9. The molecule has 2 aromatic rings. The summed E-state index contributed by atoms with van der Waals surface area (Å²) in [6, 6.07) is 7.29. The van der Waals surface area contributed by atoms with Crippen molar-refractivity contribution >= 4 is 35.5 Å². The molecule has 1 saturated heterocycles. The molecule has 0 aliphatic carbocycles. The minimum absolute atomic E-state index is 0.0777. The molecule has 1 N–H and O–H groups in total. The van der Waals surface area contributed by atoms with Crippen molar-refractivity contribution in [3.8, 4) is 5.75 Å². The minimum Gasteiger partial charge on any atom is -0.495 e. The summed E-state index contributed by atoms with van der Waals surface area (Å²) in [6.45, 7) is -0.0777. The number of carbonyl (C=O) groups is 3. The second kappa shape index (κ2) is 6.82. The lowest BCUT2D eigenvalue weighted by Gasteiger charge is -2.25. The Kier molecular flexibility index (Phi) is 4.58. The number of hydrogen-bond acceptors (Lipinski definition) is 5. The summed E-state index contributed by atoms with van der Waals surface area (Å²) in [5.41, 5.74) is 0.351. The number of halogens is 1. The van der Waals surface area contributed by atoms with Crippen molar-refractivity contribution in [3.63, 3.8) is 0 Å². The first-order valence-corrected chi connectivity index (χ1v) is 7.62. The van der Waals surface area contributed by atoms with Gasteiger partial charge in [-0.1, -0.05) is 17.7 Å². The van der Waals surface area contributed by atoms with Gasteiger partial charge in [-0.15, -0.1) is 0 Å². The molecule has 0 atom stereocenters. The molecule has 3 rings (SSSR count). The van der Waals surface area contributed by atoms with E-state index in [-0.39, 0.29) is 12.1 Å². The molecule has 0 bridgehead atoms. The Morgan fingerprint density at radius 2 is 2.08 bits per heavy atom. The van der Waals surface area contributed by atoms with E-state index in [9.17, 15) is 14.4 Å². The van der Waals surface area contributed by atoms with Crippen molar-refractivity contribution in [2.45, 2.75) is 6.54 Å². The van der Waals surface area contributed by atoms with Gasteiger partial charge in [0.1, 0.15) is 17.1 Å². The van der Waals surface area contributed by atoms with Crippen molar-refractivity contribution in [2.75, 3.05) is 7.11 Å². The highest BCUT2D eigenvalue weighted by atomic mass is 35.5. The number of rotatable bonds is 4. The van der Waals surface area contributed by atoms with E-state index in [1.807, 2.05) is 0 Å². The van der Waals surface area contributed by atoms with E-state index in [0.717, 1.165) is 4.90 Å². The molecule has 7 nitrogen and oxygen atoms in total. The Morgan fingerprint density at radius 3 is 2.72 bits per heavy atom. The van der Waals surface area contributed by atoms with Gasteiger partial charge in [-0.2, -0.15) is 0 Å². The maximum Gasteiger partial charge on any atom is 0.331 e. The summed E-state index contributed by atoms with van der Waals surface area (Å²) >= 11 is 6.05. The van der Waals surface area contributed by atoms with Gasteiger partial charge in [0, 0.05) is 0 Å². The third-order valence-electron chi connectivity index (χ3n) is 3.57. The number of nitrogens with zero attached hydrogens (tertiary/aromatic N) is 1. The van der Waals surface area contributed by atoms with E-state index in [2.05, 4.69) is 5.32 Å². The number of amides is 4. The van der Waals surface area contributed by atoms with Gasteiger partial charge in [-0.3, -0.25) is 19.8 Å². The monoisotopic (exact) mass is 360 g/mol. The van der Waals surface area contributed by atoms with Crippen LogP contribution < -0.4 is 10.1 Å². The molecular weight excluding hydrogens is 348 g/mol. The first-order chi connectivity index (χ1) is 12.0.